The average molecular weight is 200 g/mol. The monoisotopic (exact) mass is 200 g/mol. The molecule has 82 valence electrons. The molecule has 1 aliphatic rings. The van der Waals surface area contributed by atoms with Gasteiger partial charge in [-0.1, -0.05) is 0 Å². The predicted octanol–water partition coefficient (Wildman–Crippen LogP) is 0.361. The van der Waals surface area contributed by atoms with Crippen LogP contribution in [0, 0.1) is 0 Å². The normalized spacial score (nSPS) is 23.5. The Bertz CT molecular complexity index is 189. The maximum atomic E-state index is 11.6. The van der Waals surface area contributed by atoms with Crippen LogP contribution < -0.4 is 5.73 Å². The number of nitrogens with two attached hydrogens (primary N) is 1. The van der Waals surface area contributed by atoms with Gasteiger partial charge in [-0.05, 0) is 19.8 Å². The van der Waals surface area contributed by atoms with Gasteiger partial charge in [-0.25, -0.2) is 0 Å². The van der Waals surface area contributed by atoms with E-state index in [0.717, 1.165) is 19.4 Å². The highest BCUT2D eigenvalue weighted by atomic mass is 16.5. The topological polar surface area (TPSA) is 55.6 Å². The summed E-state index contributed by atoms with van der Waals surface area (Å²) in [6.45, 7) is 3.32. The molecular weight excluding hydrogens is 180 g/mol. The second kappa shape index (κ2) is 5.32. The highest BCUT2D eigenvalue weighted by Crippen LogP contribution is 2.15. The van der Waals surface area contributed by atoms with Gasteiger partial charge in [0.25, 0.3) is 0 Å². The number of amides is 1. The van der Waals surface area contributed by atoms with Crippen molar-refractivity contribution in [2.24, 2.45) is 5.73 Å². The van der Waals surface area contributed by atoms with Crippen LogP contribution in [0.4, 0.5) is 0 Å². The molecule has 0 aromatic carbocycles. The zero-order valence-electron chi connectivity index (χ0n) is 9.03. The van der Waals surface area contributed by atoms with Gasteiger partial charge in [-0.2, -0.15) is 0 Å². The van der Waals surface area contributed by atoms with Gasteiger partial charge < -0.3 is 15.4 Å². The fourth-order valence-corrected chi connectivity index (χ4v) is 1.69. The quantitative estimate of drug-likeness (QED) is 0.713. The molecule has 1 rings (SSSR count). The molecule has 0 aliphatic carbocycles. The zero-order chi connectivity index (χ0) is 10.6. The van der Waals surface area contributed by atoms with Crippen LogP contribution >= 0.6 is 0 Å². The molecule has 1 heterocycles. The molecule has 0 aromatic rings. The van der Waals surface area contributed by atoms with Crippen molar-refractivity contribution in [2.75, 3.05) is 20.2 Å². The summed E-state index contributed by atoms with van der Waals surface area (Å²) in [5.41, 5.74) is 5.61. The smallest absolute Gasteiger partial charge is 0.224 e. The van der Waals surface area contributed by atoms with E-state index in [9.17, 15) is 4.79 Å². The van der Waals surface area contributed by atoms with Crippen LogP contribution in [-0.4, -0.2) is 43.2 Å². The van der Waals surface area contributed by atoms with Gasteiger partial charge >= 0.3 is 0 Å². The summed E-state index contributed by atoms with van der Waals surface area (Å²) in [5, 5.41) is 0. The van der Waals surface area contributed by atoms with Crippen molar-refractivity contribution in [3.63, 3.8) is 0 Å². The van der Waals surface area contributed by atoms with Crippen molar-refractivity contribution in [2.45, 2.75) is 38.3 Å². The third kappa shape index (κ3) is 3.64. The van der Waals surface area contributed by atoms with Crippen LogP contribution in [0.2, 0.25) is 0 Å². The van der Waals surface area contributed by atoms with Crippen molar-refractivity contribution in [1.29, 1.82) is 0 Å². The molecule has 1 amide bonds. The van der Waals surface area contributed by atoms with E-state index >= 15 is 0 Å². The molecule has 4 nitrogen and oxygen atoms in total. The number of rotatable bonds is 4. The Balaban J connectivity index is 2.25. The molecule has 0 radical (unpaired) electrons. The van der Waals surface area contributed by atoms with Crippen molar-refractivity contribution in [3.8, 4) is 0 Å². The van der Waals surface area contributed by atoms with E-state index in [4.69, 9.17) is 10.5 Å². The van der Waals surface area contributed by atoms with Gasteiger partial charge in [-0.3, -0.25) is 4.79 Å². The zero-order valence-corrected chi connectivity index (χ0v) is 9.03. The van der Waals surface area contributed by atoms with Crippen molar-refractivity contribution >= 4 is 5.91 Å². The molecule has 1 aliphatic heterocycles. The third-order valence-electron chi connectivity index (χ3n) is 2.41. The maximum absolute atomic E-state index is 11.6. The van der Waals surface area contributed by atoms with E-state index in [0.29, 0.717) is 13.0 Å². The van der Waals surface area contributed by atoms with E-state index in [-0.39, 0.29) is 18.1 Å². The van der Waals surface area contributed by atoms with E-state index in [1.54, 1.807) is 11.9 Å². The van der Waals surface area contributed by atoms with Crippen molar-refractivity contribution in [1.82, 2.24) is 4.90 Å². The molecule has 1 saturated heterocycles. The molecule has 14 heavy (non-hydrogen) atoms. The molecule has 4 heteroatoms. The number of nitrogens with zero attached hydrogens (tertiary/aromatic N) is 1. The lowest BCUT2D eigenvalue weighted by Crippen LogP contribution is -2.38. The molecule has 2 unspecified atom stereocenters. The van der Waals surface area contributed by atoms with Gasteiger partial charge in [-0.15, -0.1) is 0 Å². The van der Waals surface area contributed by atoms with E-state index in [2.05, 4.69) is 0 Å². The molecular formula is C10H20N2O2. The first-order valence-electron chi connectivity index (χ1n) is 5.20. The molecule has 0 aromatic heterocycles. The number of ether oxygens (including phenoxy) is 1. The Morgan fingerprint density at radius 3 is 2.93 bits per heavy atom. The second-order valence-electron chi connectivity index (χ2n) is 4.09. The van der Waals surface area contributed by atoms with Crippen LogP contribution in [0.25, 0.3) is 0 Å². The number of carbonyl (C=O) groups is 1. The van der Waals surface area contributed by atoms with Gasteiger partial charge in [0.1, 0.15) is 0 Å². The van der Waals surface area contributed by atoms with Gasteiger partial charge in [0.05, 0.1) is 12.5 Å². The van der Waals surface area contributed by atoms with Crippen LogP contribution in [0.5, 0.6) is 0 Å². The first-order valence-corrected chi connectivity index (χ1v) is 5.20. The minimum absolute atomic E-state index is 0.0356. The highest BCUT2D eigenvalue weighted by molar-refractivity contribution is 5.76. The Labute approximate surface area is 85.4 Å². The van der Waals surface area contributed by atoms with Crippen LogP contribution in [0.1, 0.15) is 26.2 Å². The molecule has 0 bridgehead atoms. The predicted molar refractivity (Wildman–Crippen MR) is 54.9 cm³/mol. The summed E-state index contributed by atoms with van der Waals surface area (Å²) in [6, 6.07) is 0.0356. The summed E-state index contributed by atoms with van der Waals surface area (Å²) >= 11 is 0. The minimum atomic E-state index is 0.0356. The Hall–Kier alpha value is -0.610. The Kier molecular flexibility index (Phi) is 4.35. The van der Waals surface area contributed by atoms with Gasteiger partial charge in [0, 0.05) is 26.2 Å². The summed E-state index contributed by atoms with van der Waals surface area (Å²) in [5.74, 6) is 0.134. The molecule has 2 atom stereocenters. The lowest BCUT2D eigenvalue weighted by atomic mass is 10.1. The Morgan fingerprint density at radius 2 is 2.43 bits per heavy atom. The van der Waals surface area contributed by atoms with E-state index < -0.39 is 0 Å². The fraction of sp³-hybridized carbons (Fsp3) is 0.900. The second-order valence-corrected chi connectivity index (χ2v) is 4.09. The SMILES string of the molecule is CC(N)CN(C)C(=O)CC1CCCO1. The highest BCUT2D eigenvalue weighted by Gasteiger charge is 2.21. The fourth-order valence-electron chi connectivity index (χ4n) is 1.69. The van der Waals surface area contributed by atoms with E-state index in [1.165, 1.54) is 0 Å². The number of carbonyl (C=O) groups excluding carboxylic acids is 1. The van der Waals surface area contributed by atoms with Crippen LogP contribution in [0.15, 0.2) is 0 Å². The summed E-state index contributed by atoms with van der Waals surface area (Å²) in [7, 11) is 1.79. The minimum Gasteiger partial charge on any atom is -0.378 e. The summed E-state index contributed by atoms with van der Waals surface area (Å²) in [4.78, 5) is 13.3. The van der Waals surface area contributed by atoms with E-state index in [1.807, 2.05) is 6.92 Å². The van der Waals surface area contributed by atoms with Gasteiger partial charge in [0.15, 0.2) is 0 Å². The third-order valence-corrected chi connectivity index (χ3v) is 2.41. The van der Waals surface area contributed by atoms with Crippen LogP contribution in [0.3, 0.4) is 0 Å². The number of hydrogen-bond donors (Lipinski definition) is 1. The van der Waals surface area contributed by atoms with Gasteiger partial charge in [0.2, 0.25) is 5.91 Å². The number of hydrogen-bond acceptors (Lipinski definition) is 3. The largest absolute Gasteiger partial charge is 0.378 e. The van der Waals surface area contributed by atoms with Crippen molar-refractivity contribution in [3.05, 3.63) is 0 Å². The number of likely N-dealkylation sites (N-methyl/N-ethyl adjacent to an activating group) is 1. The lowest BCUT2D eigenvalue weighted by Gasteiger charge is -2.20. The molecule has 0 saturated carbocycles. The molecule has 1 fully saturated rings. The lowest BCUT2D eigenvalue weighted by molar-refractivity contribution is -0.132. The average Bonchev–Trinajstić information content (AvgIpc) is 2.55. The maximum Gasteiger partial charge on any atom is 0.224 e. The molecule has 2 N–H and O–H groups in total. The first-order chi connectivity index (χ1) is 6.59. The standard InChI is InChI=1S/C10H20N2O2/c1-8(11)7-12(2)10(13)6-9-4-3-5-14-9/h8-9H,3-7,11H2,1-2H3. The Morgan fingerprint density at radius 1 is 1.71 bits per heavy atom. The van der Waals surface area contributed by atoms with Crippen molar-refractivity contribution < 1.29 is 9.53 Å². The van der Waals surface area contributed by atoms with Crippen LogP contribution in [-0.2, 0) is 9.53 Å². The summed E-state index contributed by atoms with van der Waals surface area (Å²) < 4.78 is 5.40. The first kappa shape index (κ1) is 11.5. The molecule has 0 spiro atoms. The summed E-state index contributed by atoms with van der Waals surface area (Å²) in [6.07, 6.45) is 2.73.